The second kappa shape index (κ2) is 7.76. The molecule has 28 heavy (non-hydrogen) atoms. The summed E-state index contributed by atoms with van der Waals surface area (Å²) in [6.45, 7) is 1.81. The molecule has 1 aliphatic heterocycles. The third-order valence-electron chi connectivity index (χ3n) is 5.82. The summed E-state index contributed by atoms with van der Waals surface area (Å²) in [4.78, 5) is 2.40. The van der Waals surface area contributed by atoms with Crippen LogP contribution in [0.1, 0.15) is 42.1 Å². The number of alkyl halides is 3. The Balaban J connectivity index is 1.61. The Kier molecular flexibility index (Phi) is 5.34. The molecule has 1 fully saturated rings. The Morgan fingerprint density at radius 2 is 1.75 bits per heavy atom. The van der Waals surface area contributed by atoms with Gasteiger partial charge in [-0.05, 0) is 67.6 Å². The Bertz CT molecular complexity index is 806. The molecule has 2 unspecified atom stereocenters. The van der Waals surface area contributed by atoms with E-state index >= 15 is 0 Å². The highest BCUT2D eigenvalue weighted by Gasteiger charge is 2.37. The standard InChI is InChI=1S/C22H25F3N2O/c23-22(24,25)16-8-10-18(11-9-16)28-21-19-6-2-1-4-15(19)7-12-20(21)27-13-3-5-17(26)14-27/h1-2,4,6,8-11,17,20-21H,3,5,7,12-14,26H2/t17-,20?,21?/m1/s1. The van der Waals surface area contributed by atoms with Gasteiger partial charge in [0.05, 0.1) is 11.6 Å². The summed E-state index contributed by atoms with van der Waals surface area (Å²) in [6.07, 6.45) is -0.542. The number of hydrogen-bond donors (Lipinski definition) is 1. The van der Waals surface area contributed by atoms with Crippen molar-refractivity contribution >= 4 is 0 Å². The number of benzene rings is 2. The van der Waals surface area contributed by atoms with Gasteiger partial charge >= 0.3 is 6.18 Å². The van der Waals surface area contributed by atoms with Crippen molar-refractivity contribution in [1.82, 2.24) is 4.90 Å². The van der Waals surface area contributed by atoms with Gasteiger partial charge in [0.1, 0.15) is 11.9 Å². The highest BCUT2D eigenvalue weighted by atomic mass is 19.4. The van der Waals surface area contributed by atoms with Crippen LogP contribution in [0.3, 0.4) is 0 Å². The largest absolute Gasteiger partial charge is 0.484 e. The first kappa shape index (κ1) is 19.3. The minimum absolute atomic E-state index is 0.164. The van der Waals surface area contributed by atoms with Gasteiger partial charge in [-0.25, -0.2) is 0 Å². The van der Waals surface area contributed by atoms with E-state index in [0.29, 0.717) is 5.75 Å². The molecule has 1 aliphatic carbocycles. The molecule has 2 aliphatic rings. The molecule has 3 nitrogen and oxygen atoms in total. The zero-order chi connectivity index (χ0) is 19.7. The molecule has 1 saturated heterocycles. The molecule has 0 radical (unpaired) electrons. The average molecular weight is 390 g/mol. The number of halogens is 3. The molecule has 6 heteroatoms. The lowest BCUT2D eigenvalue weighted by Crippen LogP contribution is -2.51. The number of likely N-dealkylation sites (tertiary alicyclic amines) is 1. The normalized spacial score (nSPS) is 25.9. The maximum Gasteiger partial charge on any atom is 0.416 e. The van der Waals surface area contributed by atoms with Crippen molar-refractivity contribution in [2.45, 2.75) is 50.0 Å². The fourth-order valence-corrected chi connectivity index (χ4v) is 4.43. The van der Waals surface area contributed by atoms with E-state index < -0.39 is 11.7 Å². The van der Waals surface area contributed by atoms with Gasteiger partial charge < -0.3 is 10.5 Å². The van der Waals surface area contributed by atoms with Gasteiger partial charge in [0.25, 0.3) is 0 Å². The van der Waals surface area contributed by atoms with Crippen LogP contribution in [0.5, 0.6) is 5.75 Å². The summed E-state index contributed by atoms with van der Waals surface area (Å²) < 4.78 is 44.9. The van der Waals surface area contributed by atoms with E-state index in [9.17, 15) is 13.2 Å². The van der Waals surface area contributed by atoms with Crippen LogP contribution < -0.4 is 10.5 Å². The molecule has 0 saturated carbocycles. The third-order valence-corrected chi connectivity index (χ3v) is 5.82. The first-order valence-electron chi connectivity index (χ1n) is 9.83. The van der Waals surface area contributed by atoms with Crippen LogP contribution >= 0.6 is 0 Å². The zero-order valence-corrected chi connectivity index (χ0v) is 15.7. The number of ether oxygens (including phenoxy) is 1. The predicted octanol–water partition coefficient (Wildman–Crippen LogP) is 4.56. The molecule has 4 rings (SSSR count). The highest BCUT2D eigenvalue weighted by Crippen LogP contribution is 2.38. The lowest BCUT2D eigenvalue weighted by Gasteiger charge is -2.43. The van der Waals surface area contributed by atoms with E-state index in [0.717, 1.165) is 56.5 Å². The van der Waals surface area contributed by atoms with Crippen LogP contribution in [0.2, 0.25) is 0 Å². The van der Waals surface area contributed by atoms with Crippen LogP contribution in [-0.2, 0) is 12.6 Å². The summed E-state index contributed by atoms with van der Waals surface area (Å²) in [5, 5.41) is 0. The molecular formula is C22H25F3N2O. The van der Waals surface area contributed by atoms with Crippen molar-refractivity contribution < 1.29 is 17.9 Å². The van der Waals surface area contributed by atoms with Crippen LogP contribution in [-0.4, -0.2) is 30.1 Å². The molecular weight excluding hydrogens is 365 g/mol. The Labute approximate surface area is 163 Å². The van der Waals surface area contributed by atoms with Crippen LogP contribution in [0.15, 0.2) is 48.5 Å². The fraction of sp³-hybridized carbons (Fsp3) is 0.455. The van der Waals surface area contributed by atoms with Gasteiger partial charge in [0, 0.05) is 12.6 Å². The topological polar surface area (TPSA) is 38.5 Å². The molecule has 0 amide bonds. The van der Waals surface area contributed by atoms with Crippen molar-refractivity contribution in [3.8, 4) is 5.75 Å². The van der Waals surface area contributed by atoms with Gasteiger partial charge in [-0.3, -0.25) is 4.90 Å². The van der Waals surface area contributed by atoms with Crippen LogP contribution in [0, 0.1) is 0 Å². The molecule has 3 atom stereocenters. The van der Waals surface area contributed by atoms with E-state index in [1.165, 1.54) is 17.7 Å². The smallest absolute Gasteiger partial charge is 0.416 e. The minimum atomic E-state index is -4.34. The summed E-state index contributed by atoms with van der Waals surface area (Å²) in [5.74, 6) is 0.459. The Morgan fingerprint density at radius 1 is 1.00 bits per heavy atom. The van der Waals surface area contributed by atoms with E-state index in [4.69, 9.17) is 10.5 Å². The SMILES string of the molecule is N[C@@H]1CCCN(C2CCc3ccccc3C2Oc2ccc(C(F)(F)F)cc2)C1. The fourth-order valence-electron chi connectivity index (χ4n) is 4.43. The summed E-state index contributed by atoms with van der Waals surface area (Å²) >= 11 is 0. The predicted molar refractivity (Wildman–Crippen MR) is 102 cm³/mol. The van der Waals surface area contributed by atoms with Crippen molar-refractivity contribution in [1.29, 1.82) is 0 Å². The second-order valence-electron chi connectivity index (χ2n) is 7.76. The molecule has 150 valence electrons. The molecule has 0 aromatic heterocycles. The number of aryl methyl sites for hydroxylation is 1. The average Bonchev–Trinajstić information content (AvgIpc) is 2.68. The Hall–Kier alpha value is -2.05. The maximum absolute atomic E-state index is 12.9. The number of hydrogen-bond acceptors (Lipinski definition) is 3. The van der Waals surface area contributed by atoms with Crippen molar-refractivity contribution in [3.05, 3.63) is 65.2 Å². The zero-order valence-electron chi connectivity index (χ0n) is 15.7. The maximum atomic E-state index is 12.9. The van der Waals surface area contributed by atoms with E-state index in [1.807, 2.05) is 12.1 Å². The molecule has 2 aromatic rings. The van der Waals surface area contributed by atoms with Gasteiger partial charge in [0.15, 0.2) is 0 Å². The Morgan fingerprint density at radius 3 is 2.46 bits per heavy atom. The number of piperidine rings is 1. The highest BCUT2D eigenvalue weighted by molar-refractivity contribution is 5.35. The van der Waals surface area contributed by atoms with Crippen LogP contribution in [0.4, 0.5) is 13.2 Å². The molecule has 2 aromatic carbocycles. The summed E-state index contributed by atoms with van der Waals surface area (Å²) in [6, 6.07) is 13.5. The van der Waals surface area contributed by atoms with Gasteiger partial charge in [-0.2, -0.15) is 13.2 Å². The van der Waals surface area contributed by atoms with E-state index in [2.05, 4.69) is 17.0 Å². The van der Waals surface area contributed by atoms with Crippen molar-refractivity contribution in [2.24, 2.45) is 5.73 Å². The van der Waals surface area contributed by atoms with E-state index in [-0.39, 0.29) is 18.2 Å². The van der Waals surface area contributed by atoms with Crippen LogP contribution in [0.25, 0.3) is 0 Å². The molecule has 0 spiro atoms. The minimum Gasteiger partial charge on any atom is -0.484 e. The number of fused-ring (bicyclic) bond motifs is 1. The summed E-state index contributed by atoms with van der Waals surface area (Å²) in [5.41, 5.74) is 7.90. The van der Waals surface area contributed by atoms with Gasteiger partial charge in [-0.1, -0.05) is 24.3 Å². The first-order valence-corrected chi connectivity index (χ1v) is 9.83. The number of nitrogens with two attached hydrogens (primary N) is 1. The monoisotopic (exact) mass is 390 g/mol. The molecule has 1 heterocycles. The first-order chi connectivity index (χ1) is 13.4. The quantitative estimate of drug-likeness (QED) is 0.835. The second-order valence-corrected chi connectivity index (χ2v) is 7.76. The van der Waals surface area contributed by atoms with Crippen molar-refractivity contribution in [3.63, 3.8) is 0 Å². The lowest BCUT2D eigenvalue weighted by atomic mass is 9.84. The number of rotatable bonds is 3. The number of nitrogens with zero attached hydrogens (tertiary/aromatic N) is 1. The van der Waals surface area contributed by atoms with Crippen molar-refractivity contribution in [2.75, 3.05) is 13.1 Å². The van der Waals surface area contributed by atoms with Gasteiger partial charge in [-0.15, -0.1) is 0 Å². The lowest BCUT2D eigenvalue weighted by molar-refractivity contribution is -0.137. The van der Waals surface area contributed by atoms with Gasteiger partial charge in [0.2, 0.25) is 0 Å². The molecule has 2 N–H and O–H groups in total. The third kappa shape index (κ3) is 4.03. The van der Waals surface area contributed by atoms with E-state index in [1.54, 1.807) is 0 Å². The molecule has 0 bridgehead atoms. The summed E-state index contributed by atoms with van der Waals surface area (Å²) in [7, 11) is 0.